The van der Waals surface area contributed by atoms with Crippen molar-refractivity contribution in [3.63, 3.8) is 0 Å². The molecule has 0 spiro atoms. The van der Waals surface area contributed by atoms with Gasteiger partial charge in [-0.2, -0.15) is 0 Å². The third-order valence-corrected chi connectivity index (χ3v) is 7.82. The number of aryl methyl sites for hydroxylation is 4. The number of rotatable bonds is 10. The van der Waals surface area contributed by atoms with Gasteiger partial charge in [-0.05, 0) is 96.5 Å². The van der Waals surface area contributed by atoms with E-state index in [0.717, 1.165) is 82.1 Å². The summed E-state index contributed by atoms with van der Waals surface area (Å²) in [5, 5.41) is 0. The van der Waals surface area contributed by atoms with Gasteiger partial charge in [-0.25, -0.2) is 0 Å². The summed E-state index contributed by atoms with van der Waals surface area (Å²) < 4.78 is 22.9. The van der Waals surface area contributed by atoms with Crippen LogP contribution in [0.5, 0.6) is 23.0 Å². The van der Waals surface area contributed by atoms with E-state index in [-0.39, 0.29) is 0 Å². The summed E-state index contributed by atoms with van der Waals surface area (Å²) in [4.78, 5) is 0. The fourth-order valence-electron chi connectivity index (χ4n) is 5.26. The lowest BCUT2D eigenvalue weighted by Gasteiger charge is -2.13. The third-order valence-electron chi connectivity index (χ3n) is 7.82. The van der Waals surface area contributed by atoms with Crippen LogP contribution in [0.3, 0.4) is 0 Å². The van der Waals surface area contributed by atoms with Crippen LogP contribution in [0.1, 0.15) is 44.5 Å². The molecule has 5 aromatic carbocycles. The van der Waals surface area contributed by atoms with Gasteiger partial charge in [0.05, 0.1) is 39.6 Å². The van der Waals surface area contributed by atoms with Crippen molar-refractivity contribution in [2.24, 2.45) is 0 Å². The Morgan fingerprint density at radius 1 is 0.391 bits per heavy atom. The maximum Gasteiger partial charge on any atom is 0.135 e. The van der Waals surface area contributed by atoms with E-state index in [2.05, 4.69) is 47.9 Å². The zero-order valence-electron chi connectivity index (χ0n) is 26.9. The van der Waals surface area contributed by atoms with Gasteiger partial charge in [0.2, 0.25) is 0 Å². The average Bonchev–Trinajstić information content (AvgIpc) is 3.12. The molecule has 0 amide bonds. The molecule has 5 aromatic rings. The summed E-state index contributed by atoms with van der Waals surface area (Å²) in [6.07, 6.45) is 3.40. The van der Waals surface area contributed by atoms with Crippen LogP contribution in [0.25, 0.3) is 0 Å². The number of ether oxygens (including phenoxy) is 4. The summed E-state index contributed by atoms with van der Waals surface area (Å²) >= 11 is 0. The van der Waals surface area contributed by atoms with Crippen molar-refractivity contribution in [1.29, 1.82) is 0 Å². The summed E-state index contributed by atoms with van der Waals surface area (Å²) in [5.74, 6) is 16.0. The molecule has 0 aliphatic rings. The van der Waals surface area contributed by atoms with Gasteiger partial charge in [0.25, 0.3) is 0 Å². The molecular formula is C42H38O4. The molecular weight excluding hydrogens is 568 g/mol. The second-order valence-corrected chi connectivity index (χ2v) is 10.8. The second-order valence-electron chi connectivity index (χ2n) is 10.8. The van der Waals surface area contributed by atoms with E-state index in [1.807, 2.05) is 84.9 Å². The minimum Gasteiger partial charge on any atom is -0.496 e. The molecule has 0 atom stereocenters. The van der Waals surface area contributed by atoms with E-state index >= 15 is 0 Å². The predicted octanol–water partition coefficient (Wildman–Crippen LogP) is 8.09. The number of hydrogen-bond acceptors (Lipinski definition) is 4. The number of benzene rings is 5. The molecule has 230 valence electrons. The molecule has 0 heterocycles. The van der Waals surface area contributed by atoms with Crippen LogP contribution in [0.4, 0.5) is 0 Å². The maximum absolute atomic E-state index is 5.75. The smallest absolute Gasteiger partial charge is 0.135 e. The Bertz CT molecular complexity index is 1730. The molecule has 0 bridgehead atoms. The number of hydrogen-bond donors (Lipinski definition) is 0. The molecule has 4 nitrogen and oxygen atoms in total. The Morgan fingerprint density at radius 2 is 0.761 bits per heavy atom. The van der Waals surface area contributed by atoms with Gasteiger partial charge in [-0.15, -0.1) is 0 Å². The van der Waals surface area contributed by atoms with Gasteiger partial charge in [-0.1, -0.05) is 84.3 Å². The molecule has 0 radical (unpaired) electrons. The van der Waals surface area contributed by atoms with E-state index in [4.69, 9.17) is 18.9 Å². The van der Waals surface area contributed by atoms with Gasteiger partial charge in [0.1, 0.15) is 23.0 Å². The summed E-state index contributed by atoms with van der Waals surface area (Å²) in [6.45, 7) is 0. The summed E-state index contributed by atoms with van der Waals surface area (Å²) in [6, 6.07) is 36.7. The topological polar surface area (TPSA) is 36.9 Å². The van der Waals surface area contributed by atoms with Crippen molar-refractivity contribution in [1.82, 2.24) is 0 Å². The van der Waals surface area contributed by atoms with Gasteiger partial charge in [-0.3, -0.25) is 0 Å². The fourth-order valence-corrected chi connectivity index (χ4v) is 5.26. The highest BCUT2D eigenvalue weighted by atomic mass is 16.5. The van der Waals surface area contributed by atoms with E-state index in [1.54, 1.807) is 28.4 Å². The lowest BCUT2D eigenvalue weighted by Crippen LogP contribution is -2.00. The van der Waals surface area contributed by atoms with Crippen LogP contribution in [-0.2, 0) is 25.7 Å². The van der Waals surface area contributed by atoms with Gasteiger partial charge < -0.3 is 18.9 Å². The normalized spacial score (nSPS) is 10.2. The maximum atomic E-state index is 5.75. The highest BCUT2D eigenvalue weighted by molar-refractivity contribution is 5.57. The number of methoxy groups -OCH3 is 4. The van der Waals surface area contributed by atoms with Crippen LogP contribution in [0, 0.1) is 23.7 Å². The fraction of sp³-hybridized carbons (Fsp3) is 0.190. The van der Waals surface area contributed by atoms with Crippen molar-refractivity contribution in [2.75, 3.05) is 28.4 Å². The van der Waals surface area contributed by atoms with E-state index in [1.165, 1.54) is 11.1 Å². The zero-order valence-corrected chi connectivity index (χ0v) is 26.9. The van der Waals surface area contributed by atoms with Crippen LogP contribution in [-0.4, -0.2) is 28.4 Å². The van der Waals surface area contributed by atoms with Gasteiger partial charge >= 0.3 is 0 Å². The van der Waals surface area contributed by atoms with E-state index in [9.17, 15) is 0 Å². The molecule has 0 saturated carbocycles. The minimum atomic E-state index is 0.748. The van der Waals surface area contributed by atoms with E-state index in [0.29, 0.717) is 0 Å². The molecule has 0 aliphatic carbocycles. The molecule has 0 aromatic heterocycles. The first-order chi connectivity index (χ1) is 22.6. The van der Waals surface area contributed by atoms with Crippen molar-refractivity contribution < 1.29 is 18.9 Å². The molecule has 0 N–H and O–H groups in total. The minimum absolute atomic E-state index is 0.748. The Kier molecular flexibility index (Phi) is 11.0. The first-order valence-electron chi connectivity index (χ1n) is 15.3. The third kappa shape index (κ3) is 8.32. The van der Waals surface area contributed by atoms with Gasteiger partial charge in [0.15, 0.2) is 0 Å². The molecule has 4 heteroatoms. The Morgan fingerprint density at radius 3 is 1.11 bits per heavy atom. The monoisotopic (exact) mass is 606 g/mol. The van der Waals surface area contributed by atoms with Crippen LogP contribution in [0.2, 0.25) is 0 Å². The molecule has 0 aliphatic heterocycles. The van der Waals surface area contributed by atoms with Crippen molar-refractivity contribution in [2.45, 2.75) is 25.7 Å². The Labute approximate surface area is 272 Å². The van der Waals surface area contributed by atoms with Gasteiger partial charge in [0, 0.05) is 11.1 Å². The standard InChI is InChI=1S/C42H38O4/c1-43-39-29-37(41(45-3)27-35(39)23-19-31-11-7-5-8-12-31)25-21-33-15-17-34(18-16-33)22-26-38-30-40(44-2)36(28-42(38)46-4)24-20-32-13-9-6-10-14-32/h5-18,27-30H,21-22,25-26H2,1-4H3. The van der Waals surface area contributed by atoms with Crippen molar-refractivity contribution in [3.8, 4) is 46.7 Å². The van der Waals surface area contributed by atoms with Crippen LogP contribution >= 0.6 is 0 Å². The van der Waals surface area contributed by atoms with Crippen LogP contribution in [0.15, 0.2) is 109 Å². The van der Waals surface area contributed by atoms with Crippen molar-refractivity contribution in [3.05, 3.63) is 154 Å². The molecule has 5 rings (SSSR count). The average molecular weight is 607 g/mol. The highest BCUT2D eigenvalue weighted by Gasteiger charge is 2.12. The predicted molar refractivity (Wildman–Crippen MR) is 185 cm³/mol. The second kappa shape index (κ2) is 15.9. The first kappa shape index (κ1) is 31.8. The quantitative estimate of drug-likeness (QED) is 0.151. The van der Waals surface area contributed by atoms with E-state index < -0.39 is 0 Å². The Hall–Kier alpha value is -5.58. The largest absolute Gasteiger partial charge is 0.496 e. The molecule has 0 fully saturated rings. The molecule has 0 unspecified atom stereocenters. The SMILES string of the molecule is COc1cc(CCc2ccc(CCc3cc(OC)c(C#Cc4ccccc4)cc3OC)cc2)c(OC)cc1C#Cc1ccccc1. The zero-order chi connectivity index (χ0) is 32.1. The summed E-state index contributed by atoms with van der Waals surface area (Å²) in [5.41, 5.74) is 8.23. The van der Waals surface area contributed by atoms with Crippen molar-refractivity contribution >= 4 is 0 Å². The summed E-state index contributed by atoms with van der Waals surface area (Å²) in [7, 11) is 6.76. The molecule has 46 heavy (non-hydrogen) atoms. The Balaban J connectivity index is 1.23. The lowest BCUT2D eigenvalue weighted by molar-refractivity contribution is 0.397. The highest BCUT2D eigenvalue weighted by Crippen LogP contribution is 2.31. The first-order valence-corrected chi connectivity index (χ1v) is 15.3. The lowest BCUT2D eigenvalue weighted by atomic mass is 9.98. The molecule has 0 saturated heterocycles. The van der Waals surface area contributed by atoms with Crippen LogP contribution < -0.4 is 18.9 Å².